The minimum Gasteiger partial charge on any atom is -0.497 e. The van der Waals surface area contributed by atoms with E-state index in [2.05, 4.69) is 4.98 Å². The smallest absolute Gasteiger partial charge is 0.247 e. The molecule has 0 bridgehead atoms. The molecule has 0 radical (unpaired) electrons. The van der Waals surface area contributed by atoms with Crippen LogP contribution >= 0.6 is 0 Å². The monoisotopic (exact) mass is 338 g/mol. The van der Waals surface area contributed by atoms with Gasteiger partial charge in [-0.1, -0.05) is 0 Å². The van der Waals surface area contributed by atoms with E-state index in [0.717, 1.165) is 29.7 Å². The minimum atomic E-state index is 0.0113. The van der Waals surface area contributed by atoms with Crippen LogP contribution in [-0.2, 0) is 11.3 Å². The Bertz CT molecular complexity index is 755. The number of nitrogens with zero attached hydrogens (tertiary/aromatic N) is 2. The van der Waals surface area contributed by atoms with Crippen LogP contribution in [0.4, 0.5) is 0 Å². The quantitative estimate of drug-likeness (QED) is 0.727. The molecular formula is C20H22N2O3. The highest BCUT2D eigenvalue weighted by atomic mass is 16.5. The van der Waals surface area contributed by atoms with E-state index in [-0.39, 0.29) is 5.91 Å². The maximum Gasteiger partial charge on any atom is 0.247 e. The van der Waals surface area contributed by atoms with Gasteiger partial charge in [-0.3, -0.25) is 9.78 Å². The van der Waals surface area contributed by atoms with Crippen molar-refractivity contribution in [1.29, 1.82) is 0 Å². The molecule has 25 heavy (non-hydrogen) atoms. The van der Waals surface area contributed by atoms with E-state index in [0.29, 0.717) is 18.3 Å². The van der Waals surface area contributed by atoms with Crippen LogP contribution in [0.15, 0.2) is 48.8 Å². The lowest BCUT2D eigenvalue weighted by Crippen LogP contribution is -2.31. The fourth-order valence-corrected chi connectivity index (χ4v) is 2.67. The summed E-state index contributed by atoms with van der Waals surface area (Å²) in [7, 11) is 3.22. The molecule has 2 aromatic rings. The zero-order valence-electron chi connectivity index (χ0n) is 14.5. The predicted octanol–water partition coefficient (Wildman–Crippen LogP) is 3.30. The van der Waals surface area contributed by atoms with Gasteiger partial charge >= 0.3 is 0 Å². The maximum absolute atomic E-state index is 12.7. The van der Waals surface area contributed by atoms with Crippen molar-refractivity contribution in [2.75, 3.05) is 14.2 Å². The highest BCUT2D eigenvalue weighted by molar-refractivity contribution is 5.92. The van der Waals surface area contributed by atoms with Crippen molar-refractivity contribution in [2.45, 2.75) is 25.4 Å². The number of hydrogen-bond acceptors (Lipinski definition) is 4. The first kappa shape index (κ1) is 17.0. The Labute approximate surface area is 147 Å². The highest BCUT2D eigenvalue weighted by Crippen LogP contribution is 2.29. The summed E-state index contributed by atoms with van der Waals surface area (Å²) in [6.45, 7) is 0.607. The van der Waals surface area contributed by atoms with Crippen molar-refractivity contribution < 1.29 is 14.3 Å². The molecule has 0 spiro atoms. The summed E-state index contributed by atoms with van der Waals surface area (Å²) in [6, 6.07) is 9.76. The normalized spacial score (nSPS) is 13.7. The predicted molar refractivity (Wildman–Crippen MR) is 96.4 cm³/mol. The zero-order valence-corrected chi connectivity index (χ0v) is 14.5. The van der Waals surface area contributed by atoms with E-state index in [1.54, 1.807) is 44.8 Å². The van der Waals surface area contributed by atoms with E-state index in [9.17, 15) is 4.79 Å². The maximum atomic E-state index is 12.7. The molecular weight excluding hydrogens is 316 g/mol. The number of benzene rings is 1. The van der Waals surface area contributed by atoms with Gasteiger partial charge in [-0.2, -0.15) is 0 Å². The molecule has 1 saturated carbocycles. The molecule has 1 amide bonds. The molecule has 3 rings (SSSR count). The number of methoxy groups -OCH3 is 2. The summed E-state index contributed by atoms with van der Waals surface area (Å²) in [5, 5.41) is 0. The minimum absolute atomic E-state index is 0.0113. The fraction of sp³-hybridized carbons (Fsp3) is 0.300. The molecule has 1 aromatic heterocycles. The van der Waals surface area contributed by atoms with E-state index < -0.39 is 0 Å². The molecule has 5 heteroatoms. The Morgan fingerprint density at radius 2 is 1.96 bits per heavy atom. The van der Waals surface area contributed by atoms with Crippen LogP contribution in [0.25, 0.3) is 6.08 Å². The number of carbonyl (C=O) groups is 1. The van der Waals surface area contributed by atoms with Gasteiger partial charge in [-0.15, -0.1) is 0 Å². The number of aromatic nitrogens is 1. The summed E-state index contributed by atoms with van der Waals surface area (Å²) in [5.41, 5.74) is 1.93. The van der Waals surface area contributed by atoms with Crippen LogP contribution < -0.4 is 9.47 Å². The van der Waals surface area contributed by atoms with Gasteiger partial charge in [0.1, 0.15) is 11.5 Å². The van der Waals surface area contributed by atoms with Crippen LogP contribution in [0, 0.1) is 0 Å². The first-order valence-corrected chi connectivity index (χ1v) is 8.31. The van der Waals surface area contributed by atoms with Crippen LogP contribution in [0.3, 0.4) is 0 Å². The molecule has 1 aliphatic carbocycles. The molecule has 5 nitrogen and oxygen atoms in total. The van der Waals surface area contributed by atoms with Gasteiger partial charge < -0.3 is 14.4 Å². The molecule has 0 atom stereocenters. The van der Waals surface area contributed by atoms with E-state index in [1.165, 1.54) is 0 Å². The number of carbonyl (C=O) groups excluding carboxylic acids is 1. The van der Waals surface area contributed by atoms with Gasteiger partial charge in [0.25, 0.3) is 0 Å². The third kappa shape index (κ3) is 4.38. The van der Waals surface area contributed by atoms with Crippen LogP contribution in [-0.4, -0.2) is 36.1 Å². The fourth-order valence-electron chi connectivity index (χ4n) is 2.67. The second-order valence-electron chi connectivity index (χ2n) is 5.99. The molecule has 0 N–H and O–H groups in total. The summed E-state index contributed by atoms with van der Waals surface area (Å²) in [6.07, 6.45) is 9.05. The van der Waals surface area contributed by atoms with Crippen molar-refractivity contribution in [2.24, 2.45) is 0 Å². The van der Waals surface area contributed by atoms with Crippen molar-refractivity contribution in [3.8, 4) is 11.5 Å². The SMILES string of the molecule is COc1ccc(/C=C/C(=O)N(Cc2ccncc2)C2CC2)c(OC)c1. The van der Waals surface area contributed by atoms with Gasteiger partial charge in [-0.25, -0.2) is 0 Å². The van der Waals surface area contributed by atoms with Crippen molar-refractivity contribution in [1.82, 2.24) is 9.88 Å². The molecule has 1 aliphatic rings. The number of pyridine rings is 1. The second kappa shape index (κ2) is 7.83. The standard InChI is InChI=1S/C20H22N2O3/c1-24-18-7-3-16(19(13-18)25-2)4-8-20(23)22(17-5-6-17)14-15-9-11-21-12-10-15/h3-4,7-13,17H,5-6,14H2,1-2H3/b8-4+. The first-order valence-electron chi connectivity index (χ1n) is 8.31. The molecule has 1 fully saturated rings. The number of amides is 1. The third-order valence-corrected chi connectivity index (χ3v) is 4.22. The Morgan fingerprint density at radius 3 is 2.60 bits per heavy atom. The Hall–Kier alpha value is -2.82. The van der Waals surface area contributed by atoms with E-state index in [4.69, 9.17) is 9.47 Å². The summed E-state index contributed by atoms with van der Waals surface area (Å²) in [4.78, 5) is 18.6. The van der Waals surface area contributed by atoms with Crippen molar-refractivity contribution in [3.63, 3.8) is 0 Å². The largest absolute Gasteiger partial charge is 0.497 e. The van der Waals surface area contributed by atoms with Gasteiger partial charge in [-0.05, 0) is 48.7 Å². The Balaban J connectivity index is 1.74. The van der Waals surface area contributed by atoms with E-state index >= 15 is 0 Å². The molecule has 0 aliphatic heterocycles. The lowest BCUT2D eigenvalue weighted by molar-refractivity contribution is -0.127. The third-order valence-electron chi connectivity index (χ3n) is 4.22. The molecule has 130 valence electrons. The lowest BCUT2D eigenvalue weighted by Gasteiger charge is -2.21. The Morgan fingerprint density at radius 1 is 1.20 bits per heavy atom. The molecule has 1 heterocycles. The van der Waals surface area contributed by atoms with Gasteiger partial charge in [0.05, 0.1) is 14.2 Å². The molecule has 1 aromatic carbocycles. The Kier molecular flexibility index (Phi) is 5.33. The topological polar surface area (TPSA) is 51.7 Å². The van der Waals surface area contributed by atoms with Crippen LogP contribution in [0.5, 0.6) is 11.5 Å². The van der Waals surface area contributed by atoms with Crippen LogP contribution in [0.2, 0.25) is 0 Å². The first-order chi connectivity index (χ1) is 12.2. The highest BCUT2D eigenvalue weighted by Gasteiger charge is 2.31. The average Bonchev–Trinajstić information content (AvgIpc) is 3.50. The van der Waals surface area contributed by atoms with Gasteiger partial charge in [0, 0.05) is 42.7 Å². The summed E-state index contributed by atoms with van der Waals surface area (Å²) in [5.74, 6) is 1.41. The molecule has 0 saturated heterocycles. The van der Waals surface area contributed by atoms with Crippen molar-refractivity contribution in [3.05, 3.63) is 59.9 Å². The van der Waals surface area contributed by atoms with Gasteiger partial charge in [0.15, 0.2) is 0 Å². The van der Waals surface area contributed by atoms with Gasteiger partial charge in [0.2, 0.25) is 5.91 Å². The number of rotatable bonds is 7. The summed E-state index contributed by atoms with van der Waals surface area (Å²) < 4.78 is 10.6. The summed E-state index contributed by atoms with van der Waals surface area (Å²) >= 11 is 0. The molecule has 0 unspecified atom stereocenters. The lowest BCUT2D eigenvalue weighted by atomic mass is 10.1. The van der Waals surface area contributed by atoms with E-state index in [1.807, 2.05) is 29.2 Å². The number of hydrogen-bond donors (Lipinski definition) is 0. The van der Waals surface area contributed by atoms with Crippen molar-refractivity contribution >= 4 is 12.0 Å². The number of ether oxygens (including phenoxy) is 2. The second-order valence-corrected chi connectivity index (χ2v) is 5.99. The zero-order chi connectivity index (χ0) is 17.6. The average molecular weight is 338 g/mol. The van der Waals surface area contributed by atoms with Crippen LogP contribution in [0.1, 0.15) is 24.0 Å².